The monoisotopic (exact) mass is 233 g/mol. The van der Waals surface area contributed by atoms with Crippen molar-refractivity contribution in [1.82, 2.24) is 4.90 Å². The van der Waals surface area contributed by atoms with Crippen molar-refractivity contribution >= 4 is 5.69 Å². The normalized spacial score (nSPS) is 21.9. The quantitative estimate of drug-likeness (QED) is 0.842. The molecule has 0 bridgehead atoms. The number of benzene rings is 1. The van der Waals surface area contributed by atoms with Crippen molar-refractivity contribution in [2.45, 2.75) is 26.4 Å². The lowest BCUT2D eigenvalue weighted by molar-refractivity contribution is 0.275. The minimum atomic E-state index is 0.556. The van der Waals surface area contributed by atoms with Crippen LogP contribution in [0.2, 0.25) is 0 Å². The van der Waals surface area contributed by atoms with Crippen LogP contribution in [0.1, 0.15) is 18.1 Å². The van der Waals surface area contributed by atoms with Crippen LogP contribution in [-0.2, 0) is 6.54 Å². The van der Waals surface area contributed by atoms with Gasteiger partial charge < -0.3 is 15.5 Å². The fraction of sp³-hybridized carbons (Fsp3) is 0.571. The molecule has 1 unspecified atom stereocenters. The smallest absolute Gasteiger partial charge is 0.0417 e. The Morgan fingerprint density at radius 1 is 1.35 bits per heavy atom. The van der Waals surface area contributed by atoms with Gasteiger partial charge in [-0.15, -0.1) is 0 Å². The summed E-state index contributed by atoms with van der Waals surface area (Å²) in [6.07, 6.45) is 0. The van der Waals surface area contributed by atoms with E-state index in [4.69, 9.17) is 5.73 Å². The zero-order chi connectivity index (χ0) is 12.4. The topological polar surface area (TPSA) is 32.5 Å². The number of hydrogen-bond donors (Lipinski definition) is 1. The Kier molecular flexibility index (Phi) is 3.69. The van der Waals surface area contributed by atoms with Gasteiger partial charge in [0, 0.05) is 37.9 Å². The lowest BCUT2D eigenvalue weighted by atomic mass is 10.1. The first-order valence-electron chi connectivity index (χ1n) is 6.36. The number of hydrogen-bond acceptors (Lipinski definition) is 3. The summed E-state index contributed by atoms with van der Waals surface area (Å²) in [6.45, 7) is 8.39. The van der Waals surface area contributed by atoms with Crippen LogP contribution >= 0.6 is 0 Å². The van der Waals surface area contributed by atoms with E-state index in [1.807, 2.05) is 0 Å². The molecule has 2 rings (SSSR count). The van der Waals surface area contributed by atoms with Gasteiger partial charge in [-0.3, -0.25) is 0 Å². The van der Waals surface area contributed by atoms with E-state index in [1.165, 1.54) is 16.8 Å². The molecule has 1 aliphatic rings. The molecule has 3 nitrogen and oxygen atoms in total. The SMILES string of the molecule is Cc1ccc(CN)c(N2CCN(C)CC2C)c1. The summed E-state index contributed by atoms with van der Waals surface area (Å²) in [6, 6.07) is 7.13. The zero-order valence-corrected chi connectivity index (χ0v) is 11.1. The summed E-state index contributed by atoms with van der Waals surface area (Å²) in [5.41, 5.74) is 9.74. The molecule has 0 radical (unpaired) electrons. The first-order valence-corrected chi connectivity index (χ1v) is 6.36. The molecule has 0 spiro atoms. The third-order valence-electron chi connectivity index (χ3n) is 3.60. The maximum absolute atomic E-state index is 5.84. The number of likely N-dealkylation sites (N-methyl/N-ethyl adjacent to an activating group) is 1. The van der Waals surface area contributed by atoms with Crippen molar-refractivity contribution in [3.63, 3.8) is 0 Å². The van der Waals surface area contributed by atoms with Crippen molar-refractivity contribution in [3.05, 3.63) is 29.3 Å². The molecule has 0 saturated carbocycles. The number of anilines is 1. The largest absolute Gasteiger partial charge is 0.366 e. The Hall–Kier alpha value is -1.06. The minimum absolute atomic E-state index is 0.556. The van der Waals surface area contributed by atoms with Gasteiger partial charge in [0.05, 0.1) is 0 Å². The Labute approximate surface area is 104 Å². The Morgan fingerprint density at radius 2 is 2.12 bits per heavy atom. The molecule has 0 aliphatic carbocycles. The third kappa shape index (κ3) is 2.61. The van der Waals surface area contributed by atoms with Gasteiger partial charge in [-0.2, -0.15) is 0 Å². The highest BCUT2D eigenvalue weighted by Crippen LogP contribution is 2.25. The summed E-state index contributed by atoms with van der Waals surface area (Å²) in [5, 5.41) is 0. The summed E-state index contributed by atoms with van der Waals surface area (Å²) >= 11 is 0. The summed E-state index contributed by atoms with van der Waals surface area (Å²) in [7, 11) is 2.19. The molecule has 1 aromatic rings. The minimum Gasteiger partial charge on any atom is -0.366 e. The van der Waals surface area contributed by atoms with E-state index in [0.717, 1.165) is 19.6 Å². The van der Waals surface area contributed by atoms with Crippen molar-refractivity contribution < 1.29 is 0 Å². The standard InChI is InChI=1S/C14H23N3/c1-11-4-5-13(9-15)14(8-11)17-7-6-16(3)10-12(17)2/h4-5,8,12H,6-7,9-10,15H2,1-3H3. The first-order chi connectivity index (χ1) is 8.11. The summed E-state index contributed by atoms with van der Waals surface area (Å²) in [5.74, 6) is 0. The van der Waals surface area contributed by atoms with Gasteiger partial charge in [0.25, 0.3) is 0 Å². The number of piperazine rings is 1. The van der Waals surface area contributed by atoms with Crippen molar-refractivity contribution in [1.29, 1.82) is 0 Å². The van der Waals surface area contributed by atoms with Gasteiger partial charge in [-0.25, -0.2) is 0 Å². The van der Waals surface area contributed by atoms with Gasteiger partial charge in [0.2, 0.25) is 0 Å². The second-order valence-electron chi connectivity index (χ2n) is 5.14. The predicted octanol–water partition coefficient (Wildman–Crippen LogP) is 1.59. The van der Waals surface area contributed by atoms with Crippen LogP contribution in [0.5, 0.6) is 0 Å². The van der Waals surface area contributed by atoms with Crippen LogP contribution in [0.25, 0.3) is 0 Å². The van der Waals surface area contributed by atoms with Gasteiger partial charge >= 0.3 is 0 Å². The zero-order valence-electron chi connectivity index (χ0n) is 11.1. The molecular formula is C14H23N3. The average molecular weight is 233 g/mol. The van der Waals surface area contributed by atoms with E-state index < -0.39 is 0 Å². The summed E-state index contributed by atoms with van der Waals surface area (Å²) < 4.78 is 0. The number of nitrogens with two attached hydrogens (primary N) is 1. The van der Waals surface area contributed by atoms with Crippen molar-refractivity contribution in [2.24, 2.45) is 5.73 Å². The molecule has 17 heavy (non-hydrogen) atoms. The van der Waals surface area contributed by atoms with Crippen LogP contribution in [0.15, 0.2) is 18.2 Å². The highest BCUT2D eigenvalue weighted by atomic mass is 15.3. The fourth-order valence-electron chi connectivity index (χ4n) is 2.61. The van der Waals surface area contributed by atoms with E-state index in [2.05, 4.69) is 48.9 Å². The summed E-state index contributed by atoms with van der Waals surface area (Å²) in [4.78, 5) is 4.88. The molecule has 1 aromatic carbocycles. The van der Waals surface area contributed by atoms with E-state index >= 15 is 0 Å². The van der Waals surface area contributed by atoms with Gasteiger partial charge in [-0.05, 0) is 38.1 Å². The fourth-order valence-corrected chi connectivity index (χ4v) is 2.61. The molecular weight excluding hydrogens is 210 g/mol. The molecule has 1 heterocycles. The molecule has 94 valence electrons. The second-order valence-corrected chi connectivity index (χ2v) is 5.14. The number of aryl methyl sites for hydroxylation is 1. The van der Waals surface area contributed by atoms with Crippen LogP contribution in [0.3, 0.4) is 0 Å². The number of nitrogens with zero attached hydrogens (tertiary/aromatic N) is 2. The molecule has 3 heteroatoms. The van der Waals surface area contributed by atoms with E-state index in [-0.39, 0.29) is 0 Å². The lowest BCUT2D eigenvalue weighted by Crippen LogP contribution is -2.50. The molecule has 1 aliphatic heterocycles. The van der Waals surface area contributed by atoms with Crippen molar-refractivity contribution in [2.75, 3.05) is 31.6 Å². The first kappa shape index (κ1) is 12.4. The van der Waals surface area contributed by atoms with E-state index in [0.29, 0.717) is 12.6 Å². The molecule has 2 N–H and O–H groups in total. The average Bonchev–Trinajstić information content (AvgIpc) is 2.29. The lowest BCUT2D eigenvalue weighted by Gasteiger charge is -2.40. The maximum atomic E-state index is 5.84. The molecule has 0 amide bonds. The third-order valence-corrected chi connectivity index (χ3v) is 3.60. The predicted molar refractivity (Wildman–Crippen MR) is 73.4 cm³/mol. The van der Waals surface area contributed by atoms with Crippen LogP contribution in [0, 0.1) is 6.92 Å². The van der Waals surface area contributed by atoms with Gasteiger partial charge in [-0.1, -0.05) is 12.1 Å². The van der Waals surface area contributed by atoms with Crippen LogP contribution < -0.4 is 10.6 Å². The van der Waals surface area contributed by atoms with E-state index in [1.54, 1.807) is 0 Å². The van der Waals surface area contributed by atoms with Crippen molar-refractivity contribution in [3.8, 4) is 0 Å². The van der Waals surface area contributed by atoms with Crippen LogP contribution in [-0.4, -0.2) is 37.6 Å². The van der Waals surface area contributed by atoms with E-state index in [9.17, 15) is 0 Å². The highest BCUT2D eigenvalue weighted by molar-refractivity contribution is 5.56. The molecule has 1 atom stereocenters. The number of rotatable bonds is 2. The Bertz CT molecular complexity index is 389. The molecule has 1 fully saturated rings. The van der Waals surface area contributed by atoms with Crippen LogP contribution in [0.4, 0.5) is 5.69 Å². The molecule has 0 aromatic heterocycles. The molecule has 1 saturated heterocycles. The van der Waals surface area contributed by atoms with Gasteiger partial charge in [0.15, 0.2) is 0 Å². The highest BCUT2D eigenvalue weighted by Gasteiger charge is 2.23. The maximum Gasteiger partial charge on any atom is 0.0417 e. The van der Waals surface area contributed by atoms with Gasteiger partial charge in [0.1, 0.15) is 0 Å². The Balaban J connectivity index is 2.29. The second kappa shape index (κ2) is 5.07. The Morgan fingerprint density at radius 3 is 2.76 bits per heavy atom.